The molecule has 1 N–H and O–H groups in total. The molecule has 1 heterocycles. The van der Waals surface area contributed by atoms with Gasteiger partial charge in [-0.3, -0.25) is 4.98 Å². The zero-order valence-electron chi connectivity index (χ0n) is 16.4. The summed E-state index contributed by atoms with van der Waals surface area (Å²) in [6.45, 7) is 2.18. The molecule has 0 bridgehead atoms. The number of nitrogens with one attached hydrogen (secondary N) is 1. The molecule has 0 saturated heterocycles. The molecule has 1 aliphatic carbocycles. The summed E-state index contributed by atoms with van der Waals surface area (Å²) in [6.07, 6.45) is 6.63. The topological polar surface area (TPSA) is 50.4 Å². The van der Waals surface area contributed by atoms with Crippen LogP contribution in [-0.4, -0.2) is 11.0 Å². The van der Waals surface area contributed by atoms with Crippen molar-refractivity contribution in [1.29, 1.82) is 0 Å². The first-order valence-corrected chi connectivity index (χ1v) is 10.3. The van der Waals surface area contributed by atoms with Crippen LogP contribution in [0.1, 0.15) is 56.1 Å². The first-order chi connectivity index (χ1) is 13.7. The van der Waals surface area contributed by atoms with E-state index in [2.05, 4.69) is 54.4 Å². The maximum Gasteiger partial charge on any atom is 0.417 e. The van der Waals surface area contributed by atoms with E-state index in [9.17, 15) is 4.79 Å². The molecular weight excluding hydrogens is 348 g/mol. The number of hydrogen-bond acceptors (Lipinski definition) is 2. The van der Waals surface area contributed by atoms with Crippen molar-refractivity contribution in [2.75, 3.05) is 0 Å². The van der Waals surface area contributed by atoms with E-state index in [1.165, 1.54) is 11.1 Å². The Bertz CT molecular complexity index is 1030. The van der Waals surface area contributed by atoms with Crippen LogP contribution in [0.2, 0.25) is 0 Å². The summed E-state index contributed by atoms with van der Waals surface area (Å²) in [5.41, 5.74) is 4.07. The SMILES string of the molecule is C[C@H](CCc1ccccc1)[N+]#CC1CCC(c2ccc3[nH]c(=O)oc3c2)CC1. The van der Waals surface area contributed by atoms with Crippen LogP contribution in [0.15, 0.2) is 57.7 Å². The summed E-state index contributed by atoms with van der Waals surface area (Å²) < 4.78 is 5.20. The van der Waals surface area contributed by atoms with Gasteiger partial charge < -0.3 is 4.42 Å². The second-order valence-electron chi connectivity index (χ2n) is 7.95. The zero-order chi connectivity index (χ0) is 19.3. The minimum absolute atomic E-state index is 0.317. The van der Waals surface area contributed by atoms with Crippen LogP contribution < -0.4 is 5.76 Å². The second-order valence-corrected chi connectivity index (χ2v) is 7.95. The standard InChI is InChI=1S/C24H26N2O2/c1-17(7-8-18-5-3-2-4-6-18)25-16-19-9-11-20(12-10-19)21-13-14-22-23(15-21)28-24(27)26-22/h2-6,13-15,17,19-20H,7-12H2,1H3/p+1/t17-,19?,20?/m1/s1. The summed E-state index contributed by atoms with van der Waals surface area (Å²) in [7, 11) is 0. The molecule has 28 heavy (non-hydrogen) atoms. The number of aromatic amines is 1. The van der Waals surface area contributed by atoms with Crippen molar-refractivity contribution in [3.8, 4) is 6.07 Å². The highest BCUT2D eigenvalue weighted by atomic mass is 16.4. The molecule has 0 amide bonds. The summed E-state index contributed by atoms with van der Waals surface area (Å²) in [6, 6.07) is 20.4. The third-order valence-corrected chi connectivity index (χ3v) is 5.81. The van der Waals surface area contributed by atoms with Gasteiger partial charge in [-0.2, -0.15) is 0 Å². The van der Waals surface area contributed by atoms with Gasteiger partial charge in [-0.1, -0.05) is 41.2 Å². The average molecular weight is 375 g/mol. The van der Waals surface area contributed by atoms with Crippen molar-refractivity contribution in [3.05, 3.63) is 75.1 Å². The number of oxazole rings is 1. The van der Waals surface area contributed by atoms with E-state index in [1.807, 2.05) is 12.1 Å². The first kappa shape index (κ1) is 18.6. The molecule has 4 heteroatoms. The average Bonchev–Trinajstić information content (AvgIpc) is 3.11. The third-order valence-electron chi connectivity index (χ3n) is 5.81. The Morgan fingerprint density at radius 3 is 2.71 bits per heavy atom. The number of fused-ring (bicyclic) bond motifs is 1. The van der Waals surface area contributed by atoms with Crippen molar-refractivity contribution in [2.24, 2.45) is 5.92 Å². The number of aryl methyl sites for hydroxylation is 1. The number of H-pyrrole nitrogens is 1. The van der Waals surface area contributed by atoms with Crippen molar-refractivity contribution < 1.29 is 4.42 Å². The van der Waals surface area contributed by atoms with Gasteiger partial charge >= 0.3 is 5.76 Å². The minimum atomic E-state index is -0.386. The minimum Gasteiger partial charge on any atom is -0.408 e. The Kier molecular flexibility index (Phi) is 5.62. The first-order valence-electron chi connectivity index (χ1n) is 10.3. The van der Waals surface area contributed by atoms with Gasteiger partial charge in [-0.05, 0) is 61.3 Å². The van der Waals surface area contributed by atoms with Crippen LogP contribution in [0.4, 0.5) is 0 Å². The van der Waals surface area contributed by atoms with Gasteiger partial charge in [-0.25, -0.2) is 4.79 Å². The fourth-order valence-electron chi connectivity index (χ4n) is 4.09. The van der Waals surface area contributed by atoms with Crippen molar-refractivity contribution in [2.45, 2.75) is 57.4 Å². The predicted molar refractivity (Wildman–Crippen MR) is 113 cm³/mol. The molecule has 0 unspecified atom stereocenters. The van der Waals surface area contributed by atoms with Crippen LogP contribution >= 0.6 is 0 Å². The lowest BCUT2D eigenvalue weighted by Crippen LogP contribution is -2.12. The molecule has 1 aliphatic rings. The Hall–Kier alpha value is -2.80. The highest BCUT2D eigenvalue weighted by Gasteiger charge is 2.25. The Morgan fingerprint density at radius 2 is 1.93 bits per heavy atom. The maximum atomic E-state index is 11.3. The normalized spacial score (nSPS) is 20.5. The molecule has 1 aromatic heterocycles. The molecule has 1 atom stereocenters. The zero-order valence-corrected chi connectivity index (χ0v) is 16.4. The molecular formula is C24H27N2O2+. The van der Waals surface area contributed by atoms with E-state index in [0.717, 1.165) is 44.0 Å². The quantitative estimate of drug-likeness (QED) is 0.631. The number of aromatic nitrogens is 1. The largest absolute Gasteiger partial charge is 0.417 e. The monoisotopic (exact) mass is 375 g/mol. The Labute approximate surface area is 165 Å². The molecule has 3 aromatic rings. The van der Waals surface area contributed by atoms with Crippen LogP contribution in [0, 0.1) is 12.0 Å². The van der Waals surface area contributed by atoms with Crippen LogP contribution in [0.25, 0.3) is 15.9 Å². The van der Waals surface area contributed by atoms with Gasteiger partial charge in [-0.15, -0.1) is 0 Å². The molecule has 4 nitrogen and oxygen atoms in total. The van der Waals surface area contributed by atoms with Gasteiger partial charge in [0, 0.05) is 13.3 Å². The smallest absolute Gasteiger partial charge is 0.408 e. The second kappa shape index (κ2) is 8.48. The lowest BCUT2D eigenvalue weighted by atomic mass is 9.79. The number of nitrogens with zero attached hydrogens (tertiary/aromatic N) is 1. The molecule has 2 aromatic carbocycles. The lowest BCUT2D eigenvalue weighted by molar-refractivity contribution is 0.384. The predicted octanol–water partition coefficient (Wildman–Crippen LogP) is 5.75. The van der Waals surface area contributed by atoms with Gasteiger partial charge in [0.05, 0.1) is 11.4 Å². The lowest BCUT2D eigenvalue weighted by Gasteiger charge is -2.23. The summed E-state index contributed by atoms with van der Waals surface area (Å²) in [4.78, 5) is 18.7. The molecule has 1 saturated carbocycles. The van der Waals surface area contributed by atoms with Crippen LogP contribution in [0.3, 0.4) is 0 Å². The molecule has 1 fully saturated rings. The molecule has 144 valence electrons. The molecule has 4 rings (SSSR count). The van der Waals surface area contributed by atoms with Crippen molar-refractivity contribution in [3.63, 3.8) is 0 Å². The van der Waals surface area contributed by atoms with Gasteiger partial charge in [0.2, 0.25) is 0 Å². The summed E-state index contributed by atoms with van der Waals surface area (Å²) >= 11 is 0. The fraction of sp³-hybridized carbons (Fsp3) is 0.417. The third kappa shape index (κ3) is 4.54. The van der Waals surface area contributed by atoms with E-state index in [4.69, 9.17) is 9.26 Å². The van der Waals surface area contributed by atoms with E-state index in [0.29, 0.717) is 23.5 Å². The van der Waals surface area contributed by atoms with E-state index >= 15 is 0 Å². The van der Waals surface area contributed by atoms with Crippen LogP contribution in [-0.2, 0) is 6.42 Å². The Morgan fingerprint density at radius 1 is 1.14 bits per heavy atom. The maximum absolute atomic E-state index is 11.3. The number of rotatable bonds is 4. The van der Waals surface area contributed by atoms with Gasteiger partial charge in [0.1, 0.15) is 0 Å². The van der Waals surface area contributed by atoms with E-state index in [-0.39, 0.29) is 5.76 Å². The van der Waals surface area contributed by atoms with Crippen molar-refractivity contribution in [1.82, 2.24) is 4.98 Å². The number of benzene rings is 2. The molecule has 0 radical (unpaired) electrons. The van der Waals surface area contributed by atoms with Crippen LogP contribution in [0.5, 0.6) is 0 Å². The van der Waals surface area contributed by atoms with Gasteiger partial charge in [0.25, 0.3) is 12.1 Å². The van der Waals surface area contributed by atoms with E-state index < -0.39 is 0 Å². The highest BCUT2D eigenvalue weighted by Crippen LogP contribution is 2.36. The molecule has 0 spiro atoms. The fourth-order valence-corrected chi connectivity index (χ4v) is 4.09. The van der Waals surface area contributed by atoms with Crippen molar-refractivity contribution >= 4 is 11.1 Å². The summed E-state index contributed by atoms with van der Waals surface area (Å²) in [5.74, 6) is 0.602. The highest BCUT2D eigenvalue weighted by molar-refractivity contribution is 5.72. The number of hydrogen-bond donors (Lipinski definition) is 1. The Balaban J connectivity index is 1.29. The van der Waals surface area contributed by atoms with Gasteiger partial charge in [0.15, 0.2) is 5.58 Å². The van der Waals surface area contributed by atoms with E-state index in [1.54, 1.807) is 0 Å². The summed E-state index contributed by atoms with van der Waals surface area (Å²) in [5, 5.41) is 0. The molecule has 0 aliphatic heterocycles.